The number of hydrogen-bond donors (Lipinski definition) is 1. The van der Waals surface area contributed by atoms with E-state index >= 15 is 0 Å². The zero-order valence-corrected chi connectivity index (χ0v) is 12.1. The molecule has 0 bridgehead atoms. The molecule has 5 heteroatoms. The van der Waals surface area contributed by atoms with Gasteiger partial charge in [0.15, 0.2) is 0 Å². The Morgan fingerprint density at radius 1 is 1.18 bits per heavy atom. The van der Waals surface area contributed by atoms with Crippen LogP contribution in [0.1, 0.15) is 37.2 Å². The zero-order valence-electron chi connectivity index (χ0n) is 11.2. The molecule has 0 aliphatic heterocycles. The van der Waals surface area contributed by atoms with Crippen molar-refractivity contribution >= 4 is 11.3 Å². The van der Waals surface area contributed by atoms with E-state index in [1.54, 1.807) is 18.4 Å². The van der Waals surface area contributed by atoms with Crippen LogP contribution < -0.4 is 5.32 Å². The van der Waals surface area contributed by atoms with Gasteiger partial charge in [0.05, 0.1) is 6.61 Å². The van der Waals surface area contributed by atoms with Crippen LogP contribution in [0.3, 0.4) is 0 Å². The summed E-state index contributed by atoms with van der Waals surface area (Å²) in [7, 11) is 1.71. The molecule has 0 amide bonds. The number of nitrogens with one attached hydrogen (secondary N) is 1. The number of hydrogen-bond acceptors (Lipinski definition) is 5. The molecule has 1 aromatic rings. The summed E-state index contributed by atoms with van der Waals surface area (Å²) in [6, 6.07) is 0. The lowest BCUT2D eigenvalue weighted by atomic mass is 10.1. The molecule has 0 saturated carbocycles. The van der Waals surface area contributed by atoms with E-state index in [2.05, 4.69) is 36.3 Å². The molecular weight excluding hydrogens is 234 g/mol. The maximum atomic E-state index is 5.02. The molecule has 98 valence electrons. The van der Waals surface area contributed by atoms with Gasteiger partial charge in [-0.2, -0.15) is 0 Å². The summed E-state index contributed by atoms with van der Waals surface area (Å²) in [4.78, 5) is 0. The van der Waals surface area contributed by atoms with Crippen molar-refractivity contribution in [3.63, 3.8) is 0 Å². The van der Waals surface area contributed by atoms with Crippen molar-refractivity contribution in [2.24, 2.45) is 0 Å². The molecule has 17 heavy (non-hydrogen) atoms. The Bertz CT molecular complexity index is 320. The van der Waals surface area contributed by atoms with E-state index in [0.717, 1.165) is 42.4 Å². The number of methoxy groups -OCH3 is 1. The molecule has 0 spiro atoms. The highest BCUT2D eigenvalue weighted by Gasteiger charge is 2.08. The van der Waals surface area contributed by atoms with Crippen molar-refractivity contribution in [1.82, 2.24) is 15.5 Å². The summed E-state index contributed by atoms with van der Waals surface area (Å²) in [6.45, 7) is 8.29. The first-order chi connectivity index (χ1) is 8.01. The Morgan fingerprint density at radius 2 is 1.82 bits per heavy atom. The van der Waals surface area contributed by atoms with E-state index in [9.17, 15) is 0 Å². The number of rotatable bonds is 7. The monoisotopic (exact) mass is 257 g/mol. The molecule has 1 N–H and O–H groups in total. The van der Waals surface area contributed by atoms with E-state index in [1.165, 1.54) is 0 Å². The van der Waals surface area contributed by atoms with E-state index in [-0.39, 0.29) is 5.54 Å². The molecule has 0 radical (unpaired) electrons. The minimum Gasteiger partial charge on any atom is -0.384 e. The number of nitrogens with zero attached hydrogens (tertiary/aromatic N) is 2. The van der Waals surface area contributed by atoms with Crippen molar-refractivity contribution < 1.29 is 4.74 Å². The summed E-state index contributed by atoms with van der Waals surface area (Å²) >= 11 is 1.70. The second-order valence-electron chi connectivity index (χ2n) is 5.11. The average Bonchev–Trinajstić information content (AvgIpc) is 2.68. The van der Waals surface area contributed by atoms with Crippen LogP contribution in [-0.4, -0.2) is 36.0 Å². The molecule has 0 unspecified atom stereocenters. The Labute approximate surface area is 108 Å². The fraction of sp³-hybridized carbons (Fsp3) is 0.833. The van der Waals surface area contributed by atoms with Crippen LogP contribution >= 0.6 is 11.3 Å². The Hall–Kier alpha value is -0.520. The van der Waals surface area contributed by atoms with E-state index in [0.29, 0.717) is 0 Å². The molecule has 0 atom stereocenters. The van der Waals surface area contributed by atoms with Gasteiger partial charge >= 0.3 is 0 Å². The van der Waals surface area contributed by atoms with Gasteiger partial charge in [0.2, 0.25) is 0 Å². The predicted octanol–water partition coefficient (Wildman–Crippen LogP) is 2.05. The van der Waals surface area contributed by atoms with Gasteiger partial charge in [0, 0.05) is 25.5 Å². The quantitative estimate of drug-likeness (QED) is 0.759. The maximum Gasteiger partial charge on any atom is 0.119 e. The Kier molecular flexibility index (Phi) is 6.02. The van der Waals surface area contributed by atoms with Crippen LogP contribution in [0.15, 0.2) is 0 Å². The van der Waals surface area contributed by atoms with Crippen molar-refractivity contribution in [2.75, 3.05) is 20.3 Å². The molecule has 0 aliphatic rings. The highest BCUT2D eigenvalue weighted by molar-refractivity contribution is 7.11. The maximum absolute atomic E-state index is 5.02. The Morgan fingerprint density at radius 3 is 2.41 bits per heavy atom. The summed E-state index contributed by atoms with van der Waals surface area (Å²) in [5, 5.41) is 14.0. The van der Waals surface area contributed by atoms with Crippen LogP contribution in [0.5, 0.6) is 0 Å². The fourth-order valence-corrected chi connectivity index (χ4v) is 2.25. The number of aryl methyl sites for hydroxylation is 1. The van der Waals surface area contributed by atoms with E-state index in [1.807, 2.05) is 0 Å². The first-order valence-electron chi connectivity index (χ1n) is 6.06. The normalized spacial score (nSPS) is 12.0. The minimum absolute atomic E-state index is 0.199. The lowest BCUT2D eigenvalue weighted by Crippen LogP contribution is -2.36. The fourth-order valence-electron chi connectivity index (χ4n) is 1.38. The molecule has 4 nitrogen and oxygen atoms in total. The zero-order chi connectivity index (χ0) is 12.7. The highest BCUT2D eigenvalue weighted by Crippen LogP contribution is 2.12. The van der Waals surface area contributed by atoms with Crippen LogP contribution in [-0.2, 0) is 17.6 Å². The Balaban J connectivity index is 2.21. The lowest BCUT2D eigenvalue weighted by molar-refractivity contribution is 0.202. The molecule has 1 rings (SSSR count). The molecule has 0 fully saturated rings. The topological polar surface area (TPSA) is 47.0 Å². The highest BCUT2D eigenvalue weighted by atomic mass is 32.1. The summed E-state index contributed by atoms with van der Waals surface area (Å²) < 4.78 is 5.02. The molecule has 0 saturated heterocycles. The van der Waals surface area contributed by atoms with Crippen LogP contribution in [0.4, 0.5) is 0 Å². The van der Waals surface area contributed by atoms with E-state index in [4.69, 9.17) is 4.74 Å². The third-order valence-electron chi connectivity index (χ3n) is 2.25. The molecule has 1 heterocycles. The van der Waals surface area contributed by atoms with Crippen molar-refractivity contribution in [3.8, 4) is 0 Å². The van der Waals surface area contributed by atoms with Gasteiger partial charge in [0.1, 0.15) is 10.0 Å². The first-order valence-corrected chi connectivity index (χ1v) is 6.88. The summed E-state index contributed by atoms with van der Waals surface area (Å²) in [5.74, 6) is 0. The first kappa shape index (κ1) is 14.5. The molecule has 1 aromatic heterocycles. The van der Waals surface area contributed by atoms with Crippen molar-refractivity contribution in [1.29, 1.82) is 0 Å². The minimum atomic E-state index is 0.199. The summed E-state index contributed by atoms with van der Waals surface area (Å²) in [5.41, 5.74) is 0.199. The largest absolute Gasteiger partial charge is 0.384 e. The summed E-state index contributed by atoms with van der Waals surface area (Å²) in [6.07, 6.45) is 2.98. The smallest absolute Gasteiger partial charge is 0.119 e. The number of aromatic nitrogens is 2. The predicted molar refractivity (Wildman–Crippen MR) is 71.6 cm³/mol. The van der Waals surface area contributed by atoms with Gasteiger partial charge in [-0.1, -0.05) is 0 Å². The second-order valence-corrected chi connectivity index (χ2v) is 6.26. The van der Waals surface area contributed by atoms with E-state index < -0.39 is 0 Å². The van der Waals surface area contributed by atoms with Gasteiger partial charge in [-0.25, -0.2) is 0 Å². The third kappa shape index (κ3) is 6.71. The molecular formula is C12H23N3OS. The number of ether oxygens (including phenoxy) is 1. The lowest BCUT2D eigenvalue weighted by Gasteiger charge is -2.20. The molecule has 0 aliphatic carbocycles. The van der Waals surface area contributed by atoms with Crippen molar-refractivity contribution in [2.45, 2.75) is 45.6 Å². The van der Waals surface area contributed by atoms with Crippen molar-refractivity contribution in [3.05, 3.63) is 10.0 Å². The SMILES string of the molecule is COCCc1nnc(CCCNC(C)(C)C)s1. The van der Waals surface area contributed by atoms with Gasteiger partial charge in [-0.15, -0.1) is 21.5 Å². The van der Waals surface area contributed by atoms with Gasteiger partial charge < -0.3 is 10.1 Å². The van der Waals surface area contributed by atoms with Crippen LogP contribution in [0.2, 0.25) is 0 Å². The molecule has 0 aromatic carbocycles. The second kappa shape index (κ2) is 7.03. The van der Waals surface area contributed by atoms with Crippen LogP contribution in [0.25, 0.3) is 0 Å². The average molecular weight is 257 g/mol. The van der Waals surface area contributed by atoms with Gasteiger partial charge in [0.25, 0.3) is 0 Å². The van der Waals surface area contributed by atoms with Gasteiger partial charge in [-0.05, 0) is 33.7 Å². The third-order valence-corrected chi connectivity index (χ3v) is 3.29. The standard InChI is InChI=1S/C12H23N3OS/c1-12(2,3)13-8-5-6-10-14-15-11(17-10)7-9-16-4/h13H,5-9H2,1-4H3. The van der Waals surface area contributed by atoms with Gasteiger partial charge in [-0.3, -0.25) is 0 Å². The van der Waals surface area contributed by atoms with Crippen LogP contribution in [0, 0.1) is 0 Å².